The minimum absolute atomic E-state index is 0.596. The van der Waals surface area contributed by atoms with Gasteiger partial charge in [0.05, 0.1) is 5.57 Å². The first-order valence-electron chi connectivity index (χ1n) is 8.57. The van der Waals surface area contributed by atoms with Gasteiger partial charge in [0, 0.05) is 24.3 Å². The predicted molar refractivity (Wildman–Crippen MR) is 99.2 cm³/mol. The summed E-state index contributed by atoms with van der Waals surface area (Å²) in [5.74, 6) is 0. The number of hydrogen-bond donors (Lipinski definition) is 0. The Kier molecular flexibility index (Phi) is 3.24. The third-order valence-electron chi connectivity index (χ3n) is 5.24. The fourth-order valence-corrected chi connectivity index (χ4v) is 4.37. The molecule has 0 radical (unpaired) electrons. The van der Waals surface area contributed by atoms with Crippen LogP contribution in [0.2, 0.25) is 0 Å². The molecule has 0 atom stereocenters. The fourth-order valence-electron chi connectivity index (χ4n) is 4.37. The molecule has 0 amide bonds. The van der Waals surface area contributed by atoms with Gasteiger partial charge < -0.3 is 17.6 Å². The number of halogens is 2. The summed E-state index contributed by atoms with van der Waals surface area (Å²) in [6.45, 7) is 5.49. The summed E-state index contributed by atoms with van der Waals surface area (Å²) in [4.78, 5) is 0. The number of benzene rings is 1. The van der Waals surface area contributed by atoms with Crippen LogP contribution in [0.3, 0.4) is 0 Å². The summed E-state index contributed by atoms with van der Waals surface area (Å²) in [6, 6.07) is 9.96. The van der Waals surface area contributed by atoms with Crippen molar-refractivity contribution in [2.45, 2.75) is 34.6 Å². The topological polar surface area (TPSA) is 7.94 Å². The summed E-state index contributed by atoms with van der Waals surface area (Å²) in [5, 5.41) is 0. The molecule has 0 bridgehead atoms. The van der Waals surface area contributed by atoms with E-state index in [-0.39, 0.29) is 0 Å². The molecule has 2 aliphatic heterocycles. The Balaban J connectivity index is 2.19. The van der Waals surface area contributed by atoms with Crippen LogP contribution in [0.15, 0.2) is 47.7 Å². The summed E-state index contributed by atoms with van der Waals surface area (Å²) in [6.07, 6.45) is 1.86. The molecule has 128 valence electrons. The maximum absolute atomic E-state index is 15.5. The summed E-state index contributed by atoms with van der Waals surface area (Å²) >= 11 is 0. The second-order valence-corrected chi connectivity index (χ2v) is 7.21. The highest BCUT2D eigenvalue weighted by atomic mass is 19.2. The lowest BCUT2D eigenvalue weighted by Gasteiger charge is -2.34. The van der Waals surface area contributed by atoms with Crippen molar-refractivity contribution < 1.29 is 13.1 Å². The van der Waals surface area contributed by atoms with Crippen molar-refractivity contribution in [2.24, 2.45) is 0 Å². The molecule has 4 rings (SSSR count). The number of hydrogen-bond acceptors (Lipinski definition) is 0. The SMILES string of the molecule is CC1=CC(C)=[N+]2C1=C(c1cccc(C)c1)c1c(C)cc(C)n1[B-]2(F)F. The molecule has 1 aromatic heterocycles. The van der Waals surface area contributed by atoms with Crippen LogP contribution in [0.1, 0.15) is 41.9 Å². The normalized spacial score (nSPS) is 18.4. The molecular formula is C20H21BF2N2. The maximum Gasteiger partial charge on any atom is 0.737 e. The molecular weight excluding hydrogens is 317 g/mol. The first-order chi connectivity index (χ1) is 11.7. The average Bonchev–Trinajstić information content (AvgIpc) is 2.97. The third kappa shape index (κ3) is 2.05. The van der Waals surface area contributed by atoms with Crippen molar-refractivity contribution in [3.05, 3.63) is 75.8 Å². The number of rotatable bonds is 1. The molecule has 0 saturated carbocycles. The molecule has 0 aliphatic carbocycles. The number of allylic oxidation sites excluding steroid dienone is 2. The van der Waals surface area contributed by atoms with Crippen molar-refractivity contribution in [3.8, 4) is 0 Å². The highest BCUT2D eigenvalue weighted by Gasteiger charge is 2.55. The number of nitrogens with zero attached hydrogens (tertiary/aromatic N) is 2. The standard InChI is InChI=1S/C20H21BF2N2/c1-12-7-6-8-17(9-12)18-19-13(2)10-15(4)24(19)21(22,23)25-16(5)11-14(3)20(18)25/h6-11H,1-5H3. The van der Waals surface area contributed by atoms with Crippen molar-refractivity contribution >= 4 is 18.3 Å². The zero-order valence-electron chi connectivity index (χ0n) is 15.2. The van der Waals surface area contributed by atoms with Gasteiger partial charge in [0.2, 0.25) is 0 Å². The van der Waals surface area contributed by atoms with Crippen molar-refractivity contribution in [1.82, 2.24) is 4.48 Å². The van der Waals surface area contributed by atoms with E-state index in [4.69, 9.17) is 0 Å². The van der Waals surface area contributed by atoms with Crippen LogP contribution in [0.4, 0.5) is 8.63 Å². The summed E-state index contributed by atoms with van der Waals surface area (Å²) in [7, 11) is 0. The minimum atomic E-state index is -3.90. The quantitative estimate of drug-likeness (QED) is 0.658. The molecule has 1 aromatic carbocycles. The lowest BCUT2D eigenvalue weighted by molar-refractivity contribution is -0.363. The molecule has 5 heteroatoms. The van der Waals surface area contributed by atoms with Crippen LogP contribution in [-0.2, 0) is 0 Å². The largest absolute Gasteiger partial charge is 0.737 e. The number of fused-ring (bicyclic) bond motifs is 2. The van der Waals surface area contributed by atoms with Gasteiger partial charge in [0.1, 0.15) is 5.71 Å². The molecule has 0 saturated heterocycles. The third-order valence-corrected chi connectivity index (χ3v) is 5.24. The van der Waals surface area contributed by atoms with E-state index < -0.39 is 6.97 Å². The molecule has 3 heterocycles. The molecule has 2 aromatic rings. The van der Waals surface area contributed by atoms with Crippen LogP contribution in [0.5, 0.6) is 0 Å². The highest BCUT2D eigenvalue weighted by Crippen LogP contribution is 2.44. The van der Waals surface area contributed by atoms with Crippen LogP contribution in [0, 0.1) is 20.8 Å². The maximum atomic E-state index is 15.5. The van der Waals surface area contributed by atoms with E-state index in [9.17, 15) is 0 Å². The molecule has 0 spiro atoms. The second-order valence-electron chi connectivity index (χ2n) is 7.21. The van der Waals surface area contributed by atoms with Gasteiger partial charge in [-0.3, -0.25) is 0 Å². The Morgan fingerprint density at radius 1 is 1.00 bits per heavy atom. The fraction of sp³-hybridized carbons (Fsp3) is 0.250. The molecule has 0 fully saturated rings. The van der Waals surface area contributed by atoms with Gasteiger partial charge in [-0.05, 0) is 50.6 Å². The molecule has 0 N–H and O–H groups in total. The minimum Gasteiger partial charge on any atom is -0.393 e. The van der Waals surface area contributed by atoms with Gasteiger partial charge in [-0.2, -0.15) is 0 Å². The molecule has 2 aliphatic rings. The lowest BCUT2D eigenvalue weighted by atomic mass is 9.83. The second kappa shape index (κ2) is 5.04. The Bertz CT molecular complexity index is 1020. The average molecular weight is 338 g/mol. The zero-order chi connectivity index (χ0) is 18.1. The van der Waals surface area contributed by atoms with Crippen molar-refractivity contribution in [1.29, 1.82) is 0 Å². The van der Waals surface area contributed by atoms with Gasteiger partial charge in [-0.15, -0.1) is 0 Å². The zero-order valence-corrected chi connectivity index (χ0v) is 15.2. The predicted octanol–water partition coefficient (Wildman–Crippen LogP) is 4.84. The van der Waals surface area contributed by atoms with E-state index in [0.29, 0.717) is 22.8 Å². The van der Waals surface area contributed by atoms with E-state index >= 15 is 8.63 Å². The lowest BCUT2D eigenvalue weighted by Crippen LogP contribution is -2.51. The van der Waals surface area contributed by atoms with E-state index in [1.165, 1.54) is 8.96 Å². The van der Waals surface area contributed by atoms with Gasteiger partial charge in [0.15, 0.2) is 5.70 Å². The monoisotopic (exact) mass is 338 g/mol. The van der Waals surface area contributed by atoms with Crippen molar-refractivity contribution in [2.75, 3.05) is 0 Å². The van der Waals surface area contributed by atoms with E-state index in [2.05, 4.69) is 6.07 Å². The molecule has 2 nitrogen and oxygen atoms in total. The van der Waals surface area contributed by atoms with E-state index in [1.807, 2.05) is 51.1 Å². The van der Waals surface area contributed by atoms with E-state index in [1.54, 1.807) is 13.8 Å². The van der Waals surface area contributed by atoms with Crippen LogP contribution in [0.25, 0.3) is 5.57 Å². The first kappa shape index (κ1) is 16.1. The molecule has 25 heavy (non-hydrogen) atoms. The smallest absolute Gasteiger partial charge is 0.393 e. The summed E-state index contributed by atoms with van der Waals surface area (Å²) in [5.41, 5.74) is 7.25. The van der Waals surface area contributed by atoms with Crippen molar-refractivity contribution in [3.63, 3.8) is 0 Å². The van der Waals surface area contributed by atoms with Gasteiger partial charge in [-0.1, -0.05) is 29.8 Å². The van der Waals surface area contributed by atoms with E-state index in [0.717, 1.165) is 27.8 Å². The van der Waals surface area contributed by atoms with Gasteiger partial charge in [0.25, 0.3) is 0 Å². The van der Waals surface area contributed by atoms with Crippen LogP contribution in [-0.4, -0.2) is 21.6 Å². The van der Waals surface area contributed by atoms with Gasteiger partial charge in [-0.25, -0.2) is 0 Å². The number of aryl methyl sites for hydroxylation is 3. The Labute approximate surface area is 146 Å². The number of aromatic nitrogens is 1. The molecule has 0 unspecified atom stereocenters. The first-order valence-corrected chi connectivity index (χ1v) is 8.57. The Hall–Kier alpha value is -2.43. The Morgan fingerprint density at radius 2 is 1.72 bits per heavy atom. The van der Waals surface area contributed by atoms with Gasteiger partial charge >= 0.3 is 6.97 Å². The Morgan fingerprint density at radius 3 is 2.40 bits per heavy atom. The van der Waals surface area contributed by atoms with Crippen LogP contribution >= 0.6 is 0 Å². The van der Waals surface area contributed by atoms with Crippen LogP contribution < -0.4 is 0 Å². The highest BCUT2D eigenvalue weighted by molar-refractivity contribution is 6.58. The summed E-state index contributed by atoms with van der Waals surface area (Å²) < 4.78 is 33.4.